The zero-order valence-electron chi connectivity index (χ0n) is 28.5. The number of amides is 2. The van der Waals surface area contributed by atoms with Gasteiger partial charge in [0.25, 0.3) is 5.91 Å². The van der Waals surface area contributed by atoms with Crippen LogP contribution < -0.4 is 19.5 Å². The van der Waals surface area contributed by atoms with E-state index in [2.05, 4.69) is 30.3 Å². The summed E-state index contributed by atoms with van der Waals surface area (Å²) in [6, 6.07) is 11.0. The first-order valence-corrected chi connectivity index (χ1v) is 17.4. The number of ether oxygens (including phenoxy) is 4. The largest absolute Gasteiger partial charge is 0.490 e. The highest BCUT2D eigenvalue weighted by Gasteiger charge is 2.31. The molecule has 0 saturated heterocycles. The van der Waals surface area contributed by atoms with Gasteiger partial charge in [0.1, 0.15) is 5.75 Å². The second kappa shape index (κ2) is 16.7. The fourth-order valence-corrected chi connectivity index (χ4v) is 6.79. The monoisotopic (exact) mass is 651 g/mol. The van der Waals surface area contributed by atoms with Crippen molar-refractivity contribution < 1.29 is 33.6 Å². The van der Waals surface area contributed by atoms with E-state index in [0.717, 1.165) is 62.0 Å². The van der Waals surface area contributed by atoms with Gasteiger partial charge in [-0.3, -0.25) is 14.5 Å². The molecule has 5 rings (SSSR count). The van der Waals surface area contributed by atoms with Gasteiger partial charge in [0.05, 0.1) is 30.4 Å². The summed E-state index contributed by atoms with van der Waals surface area (Å²) in [5.41, 5.74) is 2.09. The minimum atomic E-state index is -0.435. The topological polar surface area (TPSA) is 110 Å². The number of benzene rings is 2. The van der Waals surface area contributed by atoms with E-state index in [-0.39, 0.29) is 49.3 Å². The molecule has 0 aromatic heterocycles. The third-order valence-corrected chi connectivity index (χ3v) is 9.68. The van der Waals surface area contributed by atoms with Gasteiger partial charge in [-0.05, 0) is 88.9 Å². The molecule has 10 nitrogen and oxygen atoms in total. The molecule has 0 bridgehead atoms. The summed E-state index contributed by atoms with van der Waals surface area (Å²) >= 11 is 0. The number of anilines is 1. The van der Waals surface area contributed by atoms with Crippen molar-refractivity contribution in [2.45, 2.75) is 96.9 Å². The third kappa shape index (κ3) is 9.39. The van der Waals surface area contributed by atoms with Gasteiger partial charge in [-0.15, -0.1) is 0 Å². The molecule has 2 aromatic carbocycles. The predicted molar refractivity (Wildman–Crippen MR) is 181 cm³/mol. The number of hydrogen-bond acceptors (Lipinski definition) is 8. The smallest absolute Gasteiger partial charge is 0.258 e. The number of likely N-dealkylation sites (N-methyl/N-ethyl adjacent to an activating group) is 1. The minimum absolute atomic E-state index is 0.00346. The van der Waals surface area contributed by atoms with E-state index >= 15 is 0 Å². The molecule has 4 atom stereocenters. The first-order chi connectivity index (χ1) is 22.7. The lowest BCUT2D eigenvalue weighted by Gasteiger charge is -2.36. The van der Waals surface area contributed by atoms with E-state index in [0.29, 0.717) is 43.2 Å². The summed E-state index contributed by atoms with van der Waals surface area (Å²) in [6.07, 6.45) is 7.49. The number of carbonyl (C=O) groups is 2. The van der Waals surface area contributed by atoms with Crippen LogP contribution in [-0.4, -0.2) is 85.1 Å². The zero-order chi connectivity index (χ0) is 33.3. The summed E-state index contributed by atoms with van der Waals surface area (Å²) in [5, 5.41) is 13.3. The molecule has 0 unspecified atom stereocenters. The van der Waals surface area contributed by atoms with Crippen molar-refractivity contribution in [1.29, 1.82) is 0 Å². The van der Waals surface area contributed by atoms with Gasteiger partial charge in [-0.1, -0.05) is 32.3 Å². The molecule has 1 fully saturated rings. The predicted octanol–water partition coefficient (Wildman–Crippen LogP) is 5.86. The minimum Gasteiger partial charge on any atom is -0.490 e. The molecular formula is C37H53N3O7. The maximum absolute atomic E-state index is 14.4. The highest BCUT2D eigenvalue weighted by atomic mass is 16.7. The lowest BCUT2D eigenvalue weighted by molar-refractivity contribution is -0.120. The lowest BCUT2D eigenvalue weighted by atomic mass is 9.88. The number of fused-ring (bicyclic) bond motifs is 2. The normalized spacial score (nSPS) is 23.5. The first-order valence-electron chi connectivity index (χ1n) is 17.4. The Morgan fingerprint density at radius 1 is 1.00 bits per heavy atom. The molecule has 0 radical (unpaired) electrons. The van der Waals surface area contributed by atoms with Gasteiger partial charge in [0, 0.05) is 43.8 Å². The van der Waals surface area contributed by atoms with Gasteiger partial charge in [0.2, 0.25) is 12.7 Å². The van der Waals surface area contributed by atoms with Crippen LogP contribution in [0.25, 0.3) is 0 Å². The summed E-state index contributed by atoms with van der Waals surface area (Å²) in [6.45, 7) is 8.41. The molecule has 0 spiro atoms. The molecular weight excluding hydrogens is 598 g/mol. The second-order valence-corrected chi connectivity index (χ2v) is 13.7. The highest BCUT2D eigenvalue weighted by molar-refractivity contribution is 6.00. The quantitative estimate of drug-likeness (QED) is 0.365. The number of aliphatic hydroxyl groups excluding tert-OH is 1. The van der Waals surface area contributed by atoms with Crippen LogP contribution in [0.4, 0.5) is 5.69 Å². The van der Waals surface area contributed by atoms with Crippen LogP contribution in [0.2, 0.25) is 0 Å². The van der Waals surface area contributed by atoms with E-state index in [1.54, 1.807) is 17.0 Å². The van der Waals surface area contributed by atoms with Crippen LogP contribution in [0.1, 0.15) is 88.1 Å². The number of aliphatic hydroxyl groups is 1. The van der Waals surface area contributed by atoms with Gasteiger partial charge >= 0.3 is 0 Å². The van der Waals surface area contributed by atoms with E-state index in [1.165, 1.54) is 6.42 Å². The molecule has 2 aromatic rings. The molecule has 3 aliphatic rings. The Bertz CT molecular complexity index is 1350. The summed E-state index contributed by atoms with van der Waals surface area (Å²) in [5.74, 6) is 1.76. The molecule has 47 heavy (non-hydrogen) atoms. The summed E-state index contributed by atoms with van der Waals surface area (Å²) < 4.78 is 23.9. The third-order valence-electron chi connectivity index (χ3n) is 9.68. The van der Waals surface area contributed by atoms with Gasteiger partial charge in [-0.25, -0.2) is 0 Å². The van der Waals surface area contributed by atoms with Crippen molar-refractivity contribution in [2.75, 3.05) is 45.5 Å². The Hall–Kier alpha value is -3.34. The standard InChI is InChI=1S/C37H53N3O7/c1-25-20-40(26(2)23-41)37(43)31-19-30(38-36(42)29-11-6-5-7-12-29)14-16-32(31)47-27(3)10-8-9-17-44-35(25)22-39(4)21-28-13-15-33-34(18-28)46-24-45-33/h13-16,18-19,25-27,29,35,41H,5-12,17,20-24H2,1-4H3,(H,38,42)/t25-,26+,27-,35+/m1/s1. The Labute approximate surface area is 279 Å². The number of nitrogens with one attached hydrogen (secondary N) is 1. The fourth-order valence-electron chi connectivity index (χ4n) is 6.79. The van der Waals surface area contributed by atoms with Crippen molar-refractivity contribution in [3.63, 3.8) is 0 Å². The average Bonchev–Trinajstić information content (AvgIpc) is 3.54. The zero-order valence-corrected chi connectivity index (χ0v) is 28.5. The molecule has 1 saturated carbocycles. The second-order valence-electron chi connectivity index (χ2n) is 13.7. The van der Waals surface area contributed by atoms with Gasteiger partial charge in [0.15, 0.2) is 11.5 Å². The lowest BCUT2D eigenvalue weighted by Crippen LogP contribution is -2.47. The van der Waals surface area contributed by atoms with Crippen LogP contribution in [0, 0.1) is 11.8 Å². The highest BCUT2D eigenvalue weighted by Crippen LogP contribution is 2.33. The molecule has 2 amide bonds. The van der Waals surface area contributed by atoms with E-state index in [4.69, 9.17) is 18.9 Å². The van der Waals surface area contributed by atoms with Crippen LogP contribution in [-0.2, 0) is 16.1 Å². The average molecular weight is 652 g/mol. The van der Waals surface area contributed by atoms with Crippen molar-refractivity contribution in [1.82, 2.24) is 9.80 Å². The maximum atomic E-state index is 14.4. The van der Waals surface area contributed by atoms with Gasteiger partial charge in [-0.2, -0.15) is 0 Å². The van der Waals surface area contributed by atoms with Crippen LogP contribution in [0.3, 0.4) is 0 Å². The molecule has 2 aliphatic heterocycles. The van der Waals surface area contributed by atoms with E-state index < -0.39 is 6.04 Å². The number of carbonyl (C=O) groups excluding carboxylic acids is 2. The van der Waals surface area contributed by atoms with Crippen molar-refractivity contribution in [2.24, 2.45) is 11.8 Å². The first kappa shape index (κ1) is 35.0. The van der Waals surface area contributed by atoms with Crippen LogP contribution in [0.5, 0.6) is 17.2 Å². The Morgan fingerprint density at radius 3 is 2.53 bits per heavy atom. The van der Waals surface area contributed by atoms with Gasteiger partial charge < -0.3 is 34.3 Å². The molecule has 1 aliphatic carbocycles. The van der Waals surface area contributed by atoms with Crippen LogP contribution >= 0.6 is 0 Å². The van der Waals surface area contributed by atoms with E-state index in [1.807, 2.05) is 32.0 Å². The Kier molecular flexibility index (Phi) is 12.4. The Balaban J connectivity index is 1.36. The number of rotatable bonds is 8. The van der Waals surface area contributed by atoms with Crippen molar-refractivity contribution in [3.05, 3.63) is 47.5 Å². The maximum Gasteiger partial charge on any atom is 0.258 e. The van der Waals surface area contributed by atoms with Crippen LogP contribution in [0.15, 0.2) is 36.4 Å². The Morgan fingerprint density at radius 2 is 1.74 bits per heavy atom. The van der Waals surface area contributed by atoms with Crippen molar-refractivity contribution in [3.8, 4) is 17.2 Å². The fraction of sp³-hybridized carbons (Fsp3) is 0.622. The molecule has 258 valence electrons. The molecule has 2 N–H and O–H groups in total. The number of nitrogens with zero attached hydrogens (tertiary/aromatic N) is 2. The van der Waals surface area contributed by atoms with Crippen molar-refractivity contribution >= 4 is 17.5 Å². The molecule has 2 heterocycles. The van der Waals surface area contributed by atoms with E-state index in [9.17, 15) is 14.7 Å². The summed E-state index contributed by atoms with van der Waals surface area (Å²) in [7, 11) is 2.07. The number of hydrogen-bond donors (Lipinski definition) is 2. The SMILES string of the molecule is C[C@@H]1CCCCO[C@@H](CN(C)Cc2ccc3c(c2)OCO3)[C@H](C)CN([C@@H](C)CO)C(=O)c2cc(NC(=O)C3CCCCC3)ccc2O1. The summed E-state index contributed by atoms with van der Waals surface area (Å²) in [4.78, 5) is 31.5. The molecule has 10 heteroatoms.